The molecule has 0 bridgehead atoms. The maximum Gasteiger partial charge on any atom is 0.133 e. The van der Waals surface area contributed by atoms with Crippen LogP contribution < -0.4 is 0 Å². The SMILES string of the molecule is O[C@@H]1C=CS[C@H]1O. The standard InChI is InChI=1S/C4H6O2S/c5-3-1-2-7-4(3)6/h1-6H/t3-,4-/m1/s1. The Morgan fingerprint density at radius 2 is 2.14 bits per heavy atom. The summed E-state index contributed by atoms with van der Waals surface area (Å²) in [5, 5.41) is 19.0. The van der Waals surface area contributed by atoms with E-state index in [9.17, 15) is 0 Å². The fourth-order valence-corrected chi connectivity index (χ4v) is 1.05. The average Bonchev–Trinajstić information content (AvgIpc) is 1.91. The normalized spacial score (nSPS) is 39.7. The molecule has 1 rings (SSSR count). The fourth-order valence-electron chi connectivity index (χ4n) is 0.382. The van der Waals surface area contributed by atoms with Crippen molar-refractivity contribution in [3.63, 3.8) is 0 Å². The van der Waals surface area contributed by atoms with Crippen molar-refractivity contribution >= 4 is 11.8 Å². The van der Waals surface area contributed by atoms with E-state index in [1.807, 2.05) is 0 Å². The van der Waals surface area contributed by atoms with Crippen LogP contribution in [0.1, 0.15) is 0 Å². The first-order chi connectivity index (χ1) is 3.30. The van der Waals surface area contributed by atoms with Gasteiger partial charge in [-0.1, -0.05) is 11.8 Å². The minimum absolute atomic E-state index is 0.625. The van der Waals surface area contributed by atoms with Gasteiger partial charge < -0.3 is 10.2 Å². The first-order valence-corrected chi connectivity index (χ1v) is 2.93. The van der Waals surface area contributed by atoms with Crippen LogP contribution in [0.3, 0.4) is 0 Å². The molecule has 0 aromatic rings. The zero-order valence-corrected chi connectivity index (χ0v) is 4.43. The summed E-state index contributed by atoms with van der Waals surface area (Å²) in [5.41, 5.74) is -0.625. The van der Waals surface area contributed by atoms with E-state index < -0.39 is 11.5 Å². The molecule has 7 heavy (non-hydrogen) atoms. The highest BCUT2D eigenvalue weighted by Crippen LogP contribution is 2.20. The molecule has 0 aromatic carbocycles. The molecule has 1 aliphatic rings. The molecule has 0 saturated heterocycles. The zero-order valence-electron chi connectivity index (χ0n) is 3.61. The molecule has 0 amide bonds. The van der Waals surface area contributed by atoms with Gasteiger partial charge in [0.15, 0.2) is 0 Å². The van der Waals surface area contributed by atoms with Gasteiger partial charge in [-0.05, 0) is 11.5 Å². The van der Waals surface area contributed by atoms with Crippen LogP contribution in [0.5, 0.6) is 0 Å². The van der Waals surface area contributed by atoms with Crippen molar-refractivity contribution < 1.29 is 10.2 Å². The third-order valence-electron chi connectivity index (χ3n) is 0.786. The zero-order chi connectivity index (χ0) is 5.28. The van der Waals surface area contributed by atoms with Crippen LogP contribution in [0.25, 0.3) is 0 Å². The van der Waals surface area contributed by atoms with Crippen LogP contribution in [0.2, 0.25) is 0 Å². The van der Waals surface area contributed by atoms with E-state index in [1.165, 1.54) is 11.8 Å². The van der Waals surface area contributed by atoms with Crippen LogP contribution in [-0.4, -0.2) is 21.8 Å². The minimum atomic E-state index is -0.648. The lowest BCUT2D eigenvalue weighted by Gasteiger charge is -2.02. The molecular formula is C4H6O2S. The molecule has 0 saturated carbocycles. The second kappa shape index (κ2) is 1.86. The number of hydrogen-bond donors (Lipinski definition) is 2. The van der Waals surface area contributed by atoms with Crippen LogP contribution in [0.15, 0.2) is 11.5 Å². The van der Waals surface area contributed by atoms with E-state index in [4.69, 9.17) is 10.2 Å². The lowest BCUT2D eigenvalue weighted by Crippen LogP contribution is -2.14. The summed E-state index contributed by atoms with van der Waals surface area (Å²) in [7, 11) is 0. The van der Waals surface area contributed by atoms with Gasteiger partial charge in [-0.15, -0.1) is 0 Å². The van der Waals surface area contributed by atoms with Crippen LogP contribution in [-0.2, 0) is 0 Å². The first-order valence-electron chi connectivity index (χ1n) is 1.99. The van der Waals surface area contributed by atoms with Gasteiger partial charge in [0.25, 0.3) is 0 Å². The molecule has 40 valence electrons. The van der Waals surface area contributed by atoms with E-state index in [1.54, 1.807) is 11.5 Å². The Labute approximate surface area is 45.9 Å². The summed E-state index contributed by atoms with van der Waals surface area (Å²) >= 11 is 1.23. The van der Waals surface area contributed by atoms with Crippen molar-refractivity contribution in [2.45, 2.75) is 11.5 Å². The second-order valence-electron chi connectivity index (χ2n) is 1.35. The molecule has 1 aliphatic heterocycles. The molecule has 2 atom stereocenters. The Balaban J connectivity index is 2.45. The van der Waals surface area contributed by atoms with Gasteiger partial charge in [-0.2, -0.15) is 0 Å². The Kier molecular flexibility index (Phi) is 1.37. The Hall–Kier alpha value is 0.01000. The van der Waals surface area contributed by atoms with E-state index in [0.717, 1.165) is 0 Å². The van der Waals surface area contributed by atoms with Crippen molar-refractivity contribution in [1.82, 2.24) is 0 Å². The molecular weight excluding hydrogens is 112 g/mol. The second-order valence-corrected chi connectivity index (χ2v) is 2.37. The number of thioether (sulfide) groups is 1. The maximum absolute atomic E-state index is 8.65. The minimum Gasteiger partial charge on any atom is -0.385 e. The molecule has 0 unspecified atom stereocenters. The van der Waals surface area contributed by atoms with Crippen molar-refractivity contribution in [2.75, 3.05) is 0 Å². The molecule has 0 aliphatic carbocycles. The lowest BCUT2D eigenvalue weighted by atomic mass is 10.4. The van der Waals surface area contributed by atoms with Gasteiger partial charge in [0.2, 0.25) is 0 Å². The number of rotatable bonds is 0. The average molecular weight is 118 g/mol. The monoisotopic (exact) mass is 118 g/mol. The molecule has 1 heterocycles. The highest BCUT2D eigenvalue weighted by molar-refractivity contribution is 8.02. The van der Waals surface area contributed by atoms with E-state index >= 15 is 0 Å². The Bertz CT molecular complexity index is 91.7. The molecule has 2 nitrogen and oxygen atoms in total. The van der Waals surface area contributed by atoms with Crippen molar-refractivity contribution in [2.24, 2.45) is 0 Å². The maximum atomic E-state index is 8.65. The highest BCUT2D eigenvalue weighted by atomic mass is 32.2. The van der Waals surface area contributed by atoms with Crippen LogP contribution in [0, 0.1) is 0 Å². The van der Waals surface area contributed by atoms with Crippen LogP contribution >= 0.6 is 11.8 Å². The van der Waals surface area contributed by atoms with Gasteiger partial charge in [0.05, 0.1) is 0 Å². The highest BCUT2D eigenvalue weighted by Gasteiger charge is 2.16. The third kappa shape index (κ3) is 0.964. The fraction of sp³-hybridized carbons (Fsp3) is 0.500. The summed E-state index contributed by atoms with van der Waals surface area (Å²) < 4.78 is 0. The van der Waals surface area contributed by atoms with E-state index in [-0.39, 0.29) is 0 Å². The largest absolute Gasteiger partial charge is 0.385 e. The summed E-state index contributed by atoms with van der Waals surface area (Å²) in [5.74, 6) is 0. The molecule has 0 aromatic heterocycles. The lowest BCUT2D eigenvalue weighted by molar-refractivity contribution is 0.111. The molecule has 2 N–H and O–H groups in total. The Morgan fingerprint density at radius 3 is 2.29 bits per heavy atom. The first kappa shape index (κ1) is 5.15. The summed E-state index contributed by atoms with van der Waals surface area (Å²) in [4.78, 5) is 0. The molecule has 0 spiro atoms. The van der Waals surface area contributed by atoms with E-state index in [0.29, 0.717) is 0 Å². The van der Waals surface area contributed by atoms with Crippen molar-refractivity contribution in [1.29, 1.82) is 0 Å². The van der Waals surface area contributed by atoms with Gasteiger partial charge in [-0.25, -0.2) is 0 Å². The molecule has 3 heteroatoms. The molecule has 0 radical (unpaired) electrons. The summed E-state index contributed by atoms with van der Waals surface area (Å²) in [6, 6.07) is 0. The third-order valence-corrected chi connectivity index (χ3v) is 1.66. The smallest absolute Gasteiger partial charge is 0.133 e. The van der Waals surface area contributed by atoms with Gasteiger partial charge >= 0.3 is 0 Å². The Morgan fingerprint density at radius 1 is 1.43 bits per heavy atom. The predicted molar refractivity (Wildman–Crippen MR) is 28.7 cm³/mol. The quantitative estimate of drug-likeness (QED) is 0.467. The van der Waals surface area contributed by atoms with E-state index in [2.05, 4.69) is 0 Å². The van der Waals surface area contributed by atoms with Gasteiger partial charge in [-0.3, -0.25) is 0 Å². The predicted octanol–water partition coefficient (Wildman–Crippen LogP) is -0.0738. The molecule has 0 fully saturated rings. The van der Waals surface area contributed by atoms with Crippen molar-refractivity contribution in [3.05, 3.63) is 11.5 Å². The number of aliphatic hydroxyl groups is 2. The van der Waals surface area contributed by atoms with Gasteiger partial charge in [0.1, 0.15) is 11.5 Å². The van der Waals surface area contributed by atoms with Crippen molar-refractivity contribution in [3.8, 4) is 0 Å². The summed E-state index contributed by atoms with van der Waals surface area (Å²) in [6.45, 7) is 0. The van der Waals surface area contributed by atoms with Crippen LogP contribution in [0.4, 0.5) is 0 Å². The summed E-state index contributed by atoms with van der Waals surface area (Å²) in [6.07, 6.45) is 0.917. The van der Waals surface area contributed by atoms with Gasteiger partial charge in [0, 0.05) is 0 Å². The topological polar surface area (TPSA) is 40.5 Å². The number of aliphatic hydroxyl groups excluding tert-OH is 2. The number of hydrogen-bond acceptors (Lipinski definition) is 3.